The molecule has 2 aromatic carbocycles. The van der Waals surface area contributed by atoms with Crippen LogP contribution in [0.25, 0.3) is 0 Å². The average molecular weight is 328 g/mol. The van der Waals surface area contributed by atoms with Crippen molar-refractivity contribution >= 4 is 12.0 Å². The predicted octanol–water partition coefficient (Wildman–Crippen LogP) is 2.44. The van der Waals surface area contributed by atoms with Gasteiger partial charge in [0.1, 0.15) is 5.75 Å². The molecule has 0 bridgehead atoms. The maximum absolute atomic E-state index is 11.8. The lowest BCUT2D eigenvalue weighted by atomic mass is 10.1. The number of benzene rings is 2. The molecule has 0 aromatic heterocycles. The van der Waals surface area contributed by atoms with E-state index in [4.69, 9.17) is 9.84 Å². The third-order valence-corrected chi connectivity index (χ3v) is 3.49. The number of amides is 2. The third kappa shape index (κ3) is 5.31. The van der Waals surface area contributed by atoms with Gasteiger partial charge in [-0.15, -0.1) is 0 Å². The van der Waals surface area contributed by atoms with E-state index in [0.29, 0.717) is 19.5 Å². The molecule has 0 saturated carbocycles. The zero-order valence-corrected chi connectivity index (χ0v) is 13.4. The highest BCUT2D eigenvalue weighted by Gasteiger charge is 2.04. The van der Waals surface area contributed by atoms with Crippen LogP contribution in [0.1, 0.15) is 21.5 Å². The van der Waals surface area contributed by atoms with Crippen LogP contribution in [-0.4, -0.2) is 30.8 Å². The van der Waals surface area contributed by atoms with Crippen LogP contribution >= 0.6 is 0 Å². The Kier molecular flexibility index (Phi) is 6.19. The van der Waals surface area contributed by atoms with Crippen LogP contribution in [0.5, 0.6) is 5.75 Å². The number of hydrogen-bond donors (Lipinski definition) is 3. The Morgan fingerprint density at radius 2 is 1.79 bits per heavy atom. The van der Waals surface area contributed by atoms with Crippen LogP contribution in [0.15, 0.2) is 48.5 Å². The minimum Gasteiger partial charge on any atom is -0.497 e. The van der Waals surface area contributed by atoms with Crippen molar-refractivity contribution in [2.45, 2.75) is 13.0 Å². The van der Waals surface area contributed by atoms with Crippen molar-refractivity contribution in [1.29, 1.82) is 0 Å². The molecule has 0 aliphatic rings. The molecule has 3 N–H and O–H groups in total. The van der Waals surface area contributed by atoms with Crippen LogP contribution in [0.4, 0.5) is 4.79 Å². The molecule has 2 amide bonds. The van der Waals surface area contributed by atoms with Gasteiger partial charge in [0, 0.05) is 13.1 Å². The van der Waals surface area contributed by atoms with Crippen LogP contribution in [0.3, 0.4) is 0 Å². The second kappa shape index (κ2) is 8.57. The number of ether oxygens (including phenoxy) is 1. The number of hydrogen-bond acceptors (Lipinski definition) is 3. The number of carboxylic acids is 1. The predicted molar refractivity (Wildman–Crippen MR) is 90.3 cm³/mol. The molecule has 126 valence electrons. The van der Waals surface area contributed by atoms with Gasteiger partial charge in [-0.25, -0.2) is 9.59 Å². The first-order chi connectivity index (χ1) is 11.6. The van der Waals surface area contributed by atoms with Crippen molar-refractivity contribution < 1.29 is 19.4 Å². The summed E-state index contributed by atoms with van der Waals surface area (Å²) in [4.78, 5) is 22.5. The Morgan fingerprint density at radius 1 is 1.04 bits per heavy atom. The van der Waals surface area contributed by atoms with Crippen molar-refractivity contribution in [3.63, 3.8) is 0 Å². The molecule has 6 heteroatoms. The van der Waals surface area contributed by atoms with Crippen LogP contribution < -0.4 is 15.4 Å². The van der Waals surface area contributed by atoms with E-state index in [2.05, 4.69) is 10.6 Å². The Balaban J connectivity index is 1.72. The summed E-state index contributed by atoms with van der Waals surface area (Å²) in [5.41, 5.74) is 2.14. The average Bonchev–Trinajstić information content (AvgIpc) is 2.60. The zero-order chi connectivity index (χ0) is 17.4. The smallest absolute Gasteiger partial charge is 0.335 e. The summed E-state index contributed by atoms with van der Waals surface area (Å²) in [6.45, 7) is 0.849. The van der Waals surface area contributed by atoms with Gasteiger partial charge < -0.3 is 20.5 Å². The van der Waals surface area contributed by atoms with Gasteiger partial charge in [0.25, 0.3) is 0 Å². The number of carboxylic acid groups (broad SMARTS) is 1. The molecule has 0 spiro atoms. The molecule has 0 heterocycles. The maximum Gasteiger partial charge on any atom is 0.335 e. The number of urea groups is 1. The molecule has 2 aromatic rings. The number of rotatable bonds is 7. The highest BCUT2D eigenvalue weighted by atomic mass is 16.5. The molecule has 0 radical (unpaired) electrons. The first-order valence-electron chi connectivity index (χ1n) is 7.55. The van der Waals surface area contributed by atoms with Crippen molar-refractivity contribution in [2.24, 2.45) is 0 Å². The van der Waals surface area contributed by atoms with Gasteiger partial charge in [0.15, 0.2) is 0 Å². The first kappa shape index (κ1) is 17.3. The molecule has 6 nitrogen and oxygen atoms in total. The van der Waals surface area contributed by atoms with Crippen molar-refractivity contribution in [2.75, 3.05) is 13.7 Å². The van der Waals surface area contributed by atoms with Gasteiger partial charge in [0.2, 0.25) is 0 Å². The number of nitrogens with one attached hydrogen (secondary N) is 2. The molecule has 0 unspecified atom stereocenters. The molecule has 0 saturated heterocycles. The lowest BCUT2D eigenvalue weighted by Gasteiger charge is -2.08. The number of carbonyl (C=O) groups is 2. The molecule has 0 fully saturated rings. The molecule has 0 atom stereocenters. The van der Waals surface area contributed by atoms with E-state index in [1.165, 1.54) is 12.1 Å². The van der Waals surface area contributed by atoms with E-state index >= 15 is 0 Å². The van der Waals surface area contributed by atoms with Gasteiger partial charge in [0.05, 0.1) is 12.7 Å². The van der Waals surface area contributed by atoms with E-state index < -0.39 is 5.97 Å². The van der Waals surface area contributed by atoms with Gasteiger partial charge in [-0.3, -0.25) is 0 Å². The molecular weight excluding hydrogens is 308 g/mol. The van der Waals surface area contributed by atoms with Crippen molar-refractivity contribution in [3.05, 3.63) is 65.2 Å². The Bertz CT molecular complexity index is 698. The summed E-state index contributed by atoms with van der Waals surface area (Å²) < 4.78 is 5.16. The Morgan fingerprint density at radius 3 is 2.46 bits per heavy atom. The fourth-order valence-electron chi connectivity index (χ4n) is 2.16. The largest absolute Gasteiger partial charge is 0.497 e. The molecule has 24 heavy (non-hydrogen) atoms. The highest BCUT2D eigenvalue weighted by Crippen LogP contribution is 2.12. The van der Waals surface area contributed by atoms with Gasteiger partial charge >= 0.3 is 12.0 Å². The fourth-order valence-corrected chi connectivity index (χ4v) is 2.16. The number of carbonyl (C=O) groups excluding carboxylic acids is 1. The fraction of sp³-hybridized carbons (Fsp3) is 0.222. The van der Waals surface area contributed by atoms with E-state index in [9.17, 15) is 9.59 Å². The number of aromatic carboxylic acids is 1. The highest BCUT2D eigenvalue weighted by molar-refractivity contribution is 5.87. The summed E-state index contributed by atoms with van der Waals surface area (Å²) in [6.07, 6.45) is 0.706. The van der Waals surface area contributed by atoms with Gasteiger partial charge in [-0.05, 0) is 41.8 Å². The van der Waals surface area contributed by atoms with Gasteiger partial charge in [-0.2, -0.15) is 0 Å². The zero-order valence-electron chi connectivity index (χ0n) is 13.4. The third-order valence-electron chi connectivity index (χ3n) is 3.49. The topological polar surface area (TPSA) is 87.7 Å². The van der Waals surface area contributed by atoms with Crippen LogP contribution in [-0.2, 0) is 13.0 Å². The normalized spacial score (nSPS) is 10.0. The first-order valence-corrected chi connectivity index (χ1v) is 7.55. The SMILES string of the molecule is COc1cccc(CCNC(=O)NCc2ccc(C(=O)O)cc2)c1. The standard InChI is InChI=1S/C18H20N2O4/c1-24-16-4-2-3-13(11-16)9-10-19-18(23)20-12-14-5-7-15(8-6-14)17(21)22/h2-8,11H,9-10,12H2,1H3,(H,21,22)(H2,19,20,23). The van der Waals surface area contributed by atoms with Crippen LogP contribution in [0.2, 0.25) is 0 Å². The quantitative estimate of drug-likeness (QED) is 0.728. The van der Waals surface area contributed by atoms with Crippen molar-refractivity contribution in [1.82, 2.24) is 10.6 Å². The molecule has 2 rings (SSSR count). The van der Waals surface area contributed by atoms with E-state index in [1.807, 2.05) is 24.3 Å². The Labute approximate surface area is 140 Å². The minimum absolute atomic E-state index is 0.224. The molecule has 0 aliphatic heterocycles. The lowest BCUT2D eigenvalue weighted by molar-refractivity contribution is 0.0697. The molecule has 0 aliphatic carbocycles. The monoisotopic (exact) mass is 328 g/mol. The van der Waals surface area contributed by atoms with Crippen LogP contribution in [0, 0.1) is 0 Å². The summed E-state index contributed by atoms with van der Waals surface area (Å²) in [7, 11) is 1.62. The van der Waals surface area contributed by atoms with E-state index in [1.54, 1.807) is 19.2 Å². The second-order valence-electron chi connectivity index (χ2n) is 5.21. The maximum atomic E-state index is 11.8. The van der Waals surface area contributed by atoms with Gasteiger partial charge in [-0.1, -0.05) is 24.3 Å². The summed E-state index contributed by atoms with van der Waals surface area (Å²) in [5.74, 6) is -0.174. The summed E-state index contributed by atoms with van der Waals surface area (Å²) in [5, 5.41) is 14.3. The van der Waals surface area contributed by atoms with E-state index in [-0.39, 0.29) is 11.6 Å². The summed E-state index contributed by atoms with van der Waals surface area (Å²) >= 11 is 0. The Hall–Kier alpha value is -3.02. The van der Waals surface area contributed by atoms with Crippen molar-refractivity contribution in [3.8, 4) is 5.75 Å². The minimum atomic E-state index is -0.968. The lowest BCUT2D eigenvalue weighted by Crippen LogP contribution is -2.36. The van der Waals surface area contributed by atoms with E-state index in [0.717, 1.165) is 16.9 Å². The number of methoxy groups -OCH3 is 1. The summed E-state index contributed by atoms with van der Waals surface area (Å²) in [6, 6.07) is 13.8. The molecular formula is C18H20N2O4. The second-order valence-corrected chi connectivity index (χ2v) is 5.21.